The average molecular weight is 716 g/mol. The number of aromatic hydroxyl groups is 1. The Morgan fingerprint density at radius 1 is 0.725 bits per heavy atom. The van der Waals surface area contributed by atoms with Gasteiger partial charge in [0, 0.05) is 43.5 Å². The van der Waals surface area contributed by atoms with Crippen LogP contribution in [0.2, 0.25) is 0 Å². The van der Waals surface area contributed by atoms with Crippen LogP contribution in [0.15, 0.2) is 30.3 Å². The molecule has 0 fully saturated rings. The van der Waals surface area contributed by atoms with Gasteiger partial charge in [0.2, 0.25) is 5.91 Å². The molecule has 51 heavy (non-hydrogen) atoms. The maximum Gasteiger partial charge on any atom is 0.311 e. The maximum atomic E-state index is 12.0. The minimum Gasteiger partial charge on any atom is -0.507 e. The van der Waals surface area contributed by atoms with Crippen LogP contribution >= 0.6 is 0 Å². The van der Waals surface area contributed by atoms with Gasteiger partial charge in [0.25, 0.3) is 0 Å². The number of hydrogen-bond acceptors (Lipinski definition) is 7. The summed E-state index contributed by atoms with van der Waals surface area (Å²) in [5, 5.41) is 13.3. The summed E-state index contributed by atoms with van der Waals surface area (Å²) in [6.07, 6.45) is 3.96. The molecule has 0 aliphatic carbocycles. The minimum absolute atomic E-state index is 0. The maximum absolute atomic E-state index is 12.0. The first-order valence-electron chi connectivity index (χ1n) is 17.7. The van der Waals surface area contributed by atoms with Crippen LogP contribution in [0.5, 0.6) is 17.2 Å². The van der Waals surface area contributed by atoms with Gasteiger partial charge in [-0.25, -0.2) is 0 Å². The standard InChI is InChI=1S/C21H35NO2.C20H30O5.2CH4/c1-8-20(3,4)16-12-13-18(17(15-16)21(5,6)9-2)24-14-10-11-19(23)22-7;1-13(21)24-10-8-9-17(22)25-14-11-15(19(2,3)4)18(23)16(12-14)20(5,6)7;;/h12-13,15H,8-11,14H2,1-7H3,(H,22,23);11-12,23H,8-10H2,1-7H3;2*1H4. The van der Waals surface area contributed by atoms with Gasteiger partial charge in [0.1, 0.15) is 17.2 Å². The Hall–Kier alpha value is -3.55. The van der Waals surface area contributed by atoms with Gasteiger partial charge in [-0.1, -0.05) is 110 Å². The first kappa shape index (κ1) is 49.6. The monoisotopic (exact) mass is 716 g/mol. The van der Waals surface area contributed by atoms with Crippen LogP contribution < -0.4 is 14.8 Å². The van der Waals surface area contributed by atoms with Gasteiger partial charge in [-0.15, -0.1) is 0 Å². The molecule has 8 heteroatoms. The number of ether oxygens (including phenoxy) is 3. The predicted octanol–water partition coefficient (Wildman–Crippen LogP) is 10.5. The molecule has 0 atom stereocenters. The van der Waals surface area contributed by atoms with Crippen molar-refractivity contribution in [2.75, 3.05) is 20.3 Å². The molecule has 1 amide bonds. The van der Waals surface area contributed by atoms with Gasteiger partial charge in [0.05, 0.1) is 13.2 Å². The number of phenols is 1. The van der Waals surface area contributed by atoms with Gasteiger partial charge in [-0.05, 0) is 71.1 Å². The van der Waals surface area contributed by atoms with E-state index in [1.165, 1.54) is 18.1 Å². The number of hydrogen-bond donors (Lipinski definition) is 2. The molecule has 0 aliphatic rings. The van der Waals surface area contributed by atoms with Crippen molar-refractivity contribution in [2.24, 2.45) is 0 Å². The first-order chi connectivity index (χ1) is 22.5. The zero-order valence-electron chi connectivity index (χ0n) is 32.9. The fraction of sp³-hybridized carbons (Fsp3) is 0.651. The molecule has 0 radical (unpaired) electrons. The van der Waals surface area contributed by atoms with E-state index in [2.05, 4.69) is 65.1 Å². The number of carbonyl (C=O) groups excluding carboxylic acids is 3. The SMILES string of the molecule is C.C.CC(=O)OCCCC(=O)Oc1cc(C(C)(C)C)c(O)c(C(C)(C)C)c1.CCC(C)(C)c1ccc(OCCCC(=O)NC)c(C(C)(C)CC)c1. The van der Waals surface area contributed by atoms with Gasteiger partial charge in [0.15, 0.2) is 0 Å². The van der Waals surface area contributed by atoms with E-state index in [-0.39, 0.29) is 67.2 Å². The van der Waals surface area contributed by atoms with Crippen molar-refractivity contribution < 1.29 is 33.7 Å². The fourth-order valence-electron chi connectivity index (χ4n) is 4.97. The Morgan fingerprint density at radius 3 is 1.69 bits per heavy atom. The molecular formula is C43H73NO7. The zero-order valence-corrected chi connectivity index (χ0v) is 32.9. The largest absolute Gasteiger partial charge is 0.507 e. The van der Waals surface area contributed by atoms with Crippen LogP contribution in [0.4, 0.5) is 0 Å². The molecule has 0 spiro atoms. The van der Waals surface area contributed by atoms with Crippen molar-refractivity contribution in [1.29, 1.82) is 0 Å². The van der Waals surface area contributed by atoms with Crippen molar-refractivity contribution in [2.45, 2.75) is 165 Å². The average Bonchev–Trinajstić information content (AvgIpc) is 3.01. The third-order valence-electron chi connectivity index (χ3n) is 9.10. The van der Waals surface area contributed by atoms with E-state index in [0.717, 1.165) is 36.1 Å². The fourth-order valence-corrected chi connectivity index (χ4v) is 4.97. The van der Waals surface area contributed by atoms with Crippen molar-refractivity contribution in [1.82, 2.24) is 5.32 Å². The van der Waals surface area contributed by atoms with E-state index in [4.69, 9.17) is 14.2 Å². The van der Waals surface area contributed by atoms with E-state index in [0.29, 0.717) is 25.2 Å². The Kier molecular flexibility index (Phi) is 20.5. The summed E-state index contributed by atoms with van der Waals surface area (Å²) in [5.74, 6) is 0.927. The lowest BCUT2D eigenvalue weighted by atomic mass is 9.76. The molecule has 0 aromatic heterocycles. The third-order valence-corrected chi connectivity index (χ3v) is 9.10. The lowest BCUT2D eigenvalue weighted by molar-refractivity contribution is -0.142. The zero-order chi connectivity index (χ0) is 37.8. The van der Waals surface area contributed by atoms with Gasteiger partial charge < -0.3 is 24.6 Å². The van der Waals surface area contributed by atoms with Crippen LogP contribution in [0, 0.1) is 0 Å². The van der Waals surface area contributed by atoms with E-state index in [1.807, 2.05) is 41.5 Å². The van der Waals surface area contributed by atoms with Crippen LogP contribution in [-0.4, -0.2) is 43.2 Å². The predicted molar refractivity (Wildman–Crippen MR) is 212 cm³/mol. The Balaban J connectivity index is 0. The summed E-state index contributed by atoms with van der Waals surface area (Å²) in [6, 6.07) is 10.1. The molecule has 2 N–H and O–H groups in total. The number of esters is 2. The van der Waals surface area contributed by atoms with Crippen LogP contribution in [0.25, 0.3) is 0 Å². The Bertz CT molecular complexity index is 1360. The number of nitrogens with one attached hydrogen (secondary N) is 1. The highest BCUT2D eigenvalue weighted by Gasteiger charge is 2.28. The smallest absolute Gasteiger partial charge is 0.311 e. The normalized spacial score (nSPS) is 11.6. The summed E-state index contributed by atoms with van der Waals surface area (Å²) in [7, 11) is 1.67. The number of benzene rings is 2. The number of phenolic OH excluding ortho intramolecular Hbond substituents is 1. The lowest BCUT2D eigenvalue weighted by Crippen LogP contribution is -2.21. The third kappa shape index (κ3) is 16.1. The Labute approximate surface area is 311 Å². The van der Waals surface area contributed by atoms with Crippen molar-refractivity contribution >= 4 is 17.8 Å². The minimum atomic E-state index is -0.391. The summed E-state index contributed by atoms with van der Waals surface area (Å²) in [6.45, 7) is 27.6. The topological polar surface area (TPSA) is 111 Å². The molecule has 2 aromatic carbocycles. The number of rotatable bonds is 14. The lowest BCUT2D eigenvalue weighted by Gasteiger charge is -2.30. The second-order valence-corrected chi connectivity index (χ2v) is 16.1. The van der Waals surface area contributed by atoms with E-state index in [1.54, 1.807) is 19.2 Å². The second kappa shape index (κ2) is 21.1. The molecule has 2 rings (SSSR count). The molecule has 0 bridgehead atoms. The van der Waals surface area contributed by atoms with Crippen LogP contribution in [0.1, 0.15) is 166 Å². The van der Waals surface area contributed by atoms with Gasteiger partial charge >= 0.3 is 11.9 Å². The highest BCUT2D eigenvalue weighted by molar-refractivity contribution is 5.75. The van der Waals surface area contributed by atoms with Crippen molar-refractivity contribution in [3.63, 3.8) is 0 Å². The molecule has 2 aromatic rings. The first-order valence-corrected chi connectivity index (χ1v) is 17.7. The summed E-state index contributed by atoms with van der Waals surface area (Å²) in [4.78, 5) is 34.1. The van der Waals surface area contributed by atoms with E-state index in [9.17, 15) is 19.5 Å². The molecule has 8 nitrogen and oxygen atoms in total. The van der Waals surface area contributed by atoms with Gasteiger partial charge in [-0.3, -0.25) is 14.4 Å². The van der Waals surface area contributed by atoms with Crippen molar-refractivity contribution in [3.8, 4) is 17.2 Å². The number of carbonyl (C=O) groups is 3. The second-order valence-electron chi connectivity index (χ2n) is 16.1. The van der Waals surface area contributed by atoms with Crippen LogP contribution in [-0.2, 0) is 40.8 Å². The van der Waals surface area contributed by atoms with Gasteiger partial charge in [-0.2, -0.15) is 0 Å². The summed E-state index contributed by atoms with van der Waals surface area (Å²) in [5.41, 5.74) is 3.75. The summed E-state index contributed by atoms with van der Waals surface area (Å²) < 4.78 is 16.3. The molecular weight excluding hydrogens is 642 g/mol. The van der Waals surface area contributed by atoms with Crippen LogP contribution in [0.3, 0.4) is 0 Å². The Morgan fingerprint density at radius 2 is 1.24 bits per heavy atom. The molecule has 0 saturated heterocycles. The number of amides is 1. The molecule has 292 valence electrons. The highest BCUT2D eigenvalue weighted by atomic mass is 16.5. The molecule has 0 saturated carbocycles. The van der Waals surface area contributed by atoms with E-state index >= 15 is 0 Å². The highest BCUT2D eigenvalue weighted by Crippen LogP contribution is 2.42. The van der Waals surface area contributed by atoms with Crippen molar-refractivity contribution in [3.05, 3.63) is 52.6 Å². The van der Waals surface area contributed by atoms with E-state index < -0.39 is 5.97 Å². The molecule has 0 heterocycles. The molecule has 0 aliphatic heterocycles. The summed E-state index contributed by atoms with van der Waals surface area (Å²) >= 11 is 0. The quantitative estimate of drug-likeness (QED) is 0.114. The molecule has 0 unspecified atom stereocenters.